The van der Waals surface area contributed by atoms with E-state index in [2.05, 4.69) is 22.2 Å². The van der Waals surface area contributed by atoms with Gasteiger partial charge in [0.25, 0.3) is 5.56 Å². The molecule has 28 heavy (non-hydrogen) atoms. The quantitative estimate of drug-likeness (QED) is 0.754. The van der Waals surface area contributed by atoms with Crippen molar-refractivity contribution in [3.63, 3.8) is 0 Å². The number of rotatable bonds is 4. The Kier molecular flexibility index (Phi) is 4.90. The largest absolute Gasteiger partial charge is 0.350 e. The summed E-state index contributed by atoms with van der Waals surface area (Å²) < 4.78 is 14.9. The maximum Gasteiger partial charge on any atom is 0.263 e. The highest BCUT2D eigenvalue weighted by Gasteiger charge is 2.19. The van der Waals surface area contributed by atoms with Crippen molar-refractivity contribution in [2.45, 2.75) is 39.3 Å². The van der Waals surface area contributed by atoms with Gasteiger partial charge in [-0.05, 0) is 42.9 Å². The van der Waals surface area contributed by atoms with E-state index in [1.807, 2.05) is 6.07 Å². The average Bonchev–Trinajstić information content (AvgIpc) is 2.68. The molecule has 1 unspecified atom stereocenters. The van der Waals surface area contributed by atoms with E-state index in [0.717, 1.165) is 30.5 Å². The van der Waals surface area contributed by atoms with Crippen LogP contribution < -0.4 is 10.9 Å². The van der Waals surface area contributed by atoms with Crippen LogP contribution in [0, 0.1) is 11.7 Å². The first-order chi connectivity index (χ1) is 13.5. The average molecular weight is 380 g/mol. The van der Waals surface area contributed by atoms with Gasteiger partial charge in [0.1, 0.15) is 18.7 Å². The number of nitrogens with one attached hydrogen (secondary N) is 1. The molecule has 1 amide bonds. The zero-order valence-electron chi connectivity index (χ0n) is 15.6. The first-order valence-electron chi connectivity index (χ1n) is 9.39. The molecule has 0 saturated carbocycles. The zero-order chi connectivity index (χ0) is 19.7. The van der Waals surface area contributed by atoms with Crippen molar-refractivity contribution in [2.75, 3.05) is 0 Å². The molecule has 7 heteroatoms. The lowest BCUT2D eigenvalue weighted by Gasteiger charge is -2.20. The van der Waals surface area contributed by atoms with Crippen LogP contribution in [0.15, 0.2) is 41.5 Å². The summed E-state index contributed by atoms with van der Waals surface area (Å²) in [5.41, 5.74) is 2.62. The number of fused-ring (bicyclic) bond motifs is 2. The second-order valence-electron chi connectivity index (χ2n) is 7.36. The van der Waals surface area contributed by atoms with Crippen LogP contribution in [0.2, 0.25) is 0 Å². The lowest BCUT2D eigenvalue weighted by Crippen LogP contribution is -2.32. The minimum absolute atomic E-state index is 0.0637. The van der Waals surface area contributed by atoms with Gasteiger partial charge in [0.15, 0.2) is 5.65 Å². The Balaban J connectivity index is 1.54. The second-order valence-corrected chi connectivity index (χ2v) is 7.36. The minimum atomic E-state index is -0.383. The van der Waals surface area contributed by atoms with Gasteiger partial charge in [-0.3, -0.25) is 14.2 Å². The van der Waals surface area contributed by atoms with Crippen molar-refractivity contribution in [2.24, 2.45) is 5.92 Å². The summed E-state index contributed by atoms with van der Waals surface area (Å²) in [5.74, 6) is -0.196. The van der Waals surface area contributed by atoms with Gasteiger partial charge in [-0.15, -0.1) is 0 Å². The van der Waals surface area contributed by atoms with Gasteiger partial charge in [-0.25, -0.2) is 14.4 Å². The smallest absolute Gasteiger partial charge is 0.263 e. The highest BCUT2D eigenvalue weighted by molar-refractivity contribution is 5.77. The molecular formula is C21H21FN4O2. The molecule has 6 nitrogen and oxygen atoms in total. The normalized spacial score (nSPS) is 16.0. The predicted molar refractivity (Wildman–Crippen MR) is 103 cm³/mol. The van der Waals surface area contributed by atoms with E-state index in [1.54, 1.807) is 18.2 Å². The number of nitrogens with zero attached hydrogens (tertiary/aromatic N) is 3. The van der Waals surface area contributed by atoms with Gasteiger partial charge in [0.05, 0.1) is 5.39 Å². The lowest BCUT2D eigenvalue weighted by atomic mass is 9.87. The molecule has 0 saturated heterocycles. The summed E-state index contributed by atoms with van der Waals surface area (Å²) >= 11 is 0. The van der Waals surface area contributed by atoms with Crippen molar-refractivity contribution in [1.82, 2.24) is 19.9 Å². The van der Waals surface area contributed by atoms with Gasteiger partial charge in [0, 0.05) is 17.8 Å². The number of halogens is 1. The van der Waals surface area contributed by atoms with E-state index in [9.17, 15) is 14.0 Å². The molecule has 144 valence electrons. The van der Waals surface area contributed by atoms with Crippen LogP contribution in [0.3, 0.4) is 0 Å². The van der Waals surface area contributed by atoms with Crippen molar-refractivity contribution < 1.29 is 9.18 Å². The van der Waals surface area contributed by atoms with Crippen molar-refractivity contribution in [3.05, 3.63) is 69.7 Å². The van der Waals surface area contributed by atoms with Crippen LogP contribution in [0.1, 0.15) is 30.2 Å². The summed E-state index contributed by atoms with van der Waals surface area (Å²) in [6, 6.07) is 8.12. The molecule has 0 bridgehead atoms. The first-order valence-corrected chi connectivity index (χ1v) is 9.39. The van der Waals surface area contributed by atoms with Gasteiger partial charge < -0.3 is 5.32 Å². The fourth-order valence-electron chi connectivity index (χ4n) is 3.58. The van der Waals surface area contributed by atoms with Gasteiger partial charge in [-0.2, -0.15) is 0 Å². The first kappa shape index (κ1) is 18.3. The molecule has 0 aliphatic heterocycles. The fraction of sp³-hybridized carbons (Fsp3) is 0.333. The van der Waals surface area contributed by atoms with Crippen LogP contribution in [-0.4, -0.2) is 20.4 Å². The molecule has 0 spiro atoms. The number of carbonyl (C=O) groups is 1. The van der Waals surface area contributed by atoms with Gasteiger partial charge >= 0.3 is 0 Å². The number of aromatic nitrogens is 3. The summed E-state index contributed by atoms with van der Waals surface area (Å²) in [6.07, 6.45) is 4.23. The summed E-state index contributed by atoms with van der Waals surface area (Å²) in [5, 5.41) is 3.07. The van der Waals surface area contributed by atoms with Crippen LogP contribution in [-0.2, 0) is 30.7 Å². The van der Waals surface area contributed by atoms with Gasteiger partial charge in [0.2, 0.25) is 5.91 Å². The topological polar surface area (TPSA) is 76.9 Å². The molecule has 0 fully saturated rings. The predicted octanol–water partition coefficient (Wildman–Crippen LogP) is 2.37. The molecule has 1 aliphatic rings. The SMILES string of the molecule is CC1CCc2nc3ncn(CC(=O)NCc4ccccc4F)c(=O)c3cc2C1. The minimum Gasteiger partial charge on any atom is -0.350 e. The Bertz CT molecular complexity index is 1110. The Morgan fingerprint density at radius 1 is 1.36 bits per heavy atom. The number of amides is 1. The highest BCUT2D eigenvalue weighted by Crippen LogP contribution is 2.25. The number of benzene rings is 1. The van der Waals surface area contributed by atoms with Crippen molar-refractivity contribution in [3.8, 4) is 0 Å². The molecule has 1 aromatic carbocycles. The molecule has 4 rings (SSSR count). The summed E-state index contributed by atoms with van der Waals surface area (Å²) in [4.78, 5) is 33.8. The maximum atomic E-state index is 13.6. The van der Waals surface area contributed by atoms with Crippen LogP contribution in [0.5, 0.6) is 0 Å². The molecule has 2 aromatic heterocycles. The standard InChI is InChI=1S/C21H21FN4O2/c1-13-6-7-18-15(8-13)9-16-20(25-18)24-12-26(21(16)28)11-19(27)23-10-14-4-2-3-5-17(14)22/h2-5,9,12-13H,6-8,10-11H2,1H3,(H,23,27). The number of carbonyl (C=O) groups excluding carboxylic acids is 1. The van der Waals surface area contributed by atoms with E-state index in [-0.39, 0.29) is 30.4 Å². The van der Waals surface area contributed by atoms with E-state index in [0.29, 0.717) is 22.5 Å². The van der Waals surface area contributed by atoms with Crippen LogP contribution in [0.4, 0.5) is 4.39 Å². The number of hydrogen-bond donors (Lipinski definition) is 1. The summed E-state index contributed by atoms with van der Waals surface area (Å²) in [7, 11) is 0. The molecule has 0 radical (unpaired) electrons. The Hall–Kier alpha value is -3.09. The monoisotopic (exact) mass is 380 g/mol. The fourth-order valence-corrected chi connectivity index (χ4v) is 3.58. The van der Waals surface area contributed by atoms with Crippen molar-refractivity contribution >= 4 is 16.9 Å². The summed E-state index contributed by atoms with van der Waals surface area (Å²) in [6.45, 7) is 2.08. The highest BCUT2D eigenvalue weighted by atomic mass is 19.1. The van der Waals surface area contributed by atoms with Gasteiger partial charge in [-0.1, -0.05) is 25.1 Å². The molecule has 3 aromatic rings. The Morgan fingerprint density at radius 3 is 3.00 bits per heavy atom. The van der Waals surface area contributed by atoms with E-state index in [1.165, 1.54) is 17.0 Å². The van der Waals surface area contributed by atoms with E-state index < -0.39 is 0 Å². The molecule has 1 atom stereocenters. The Labute approximate surface area is 161 Å². The molecular weight excluding hydrogens is 359 g/mol. The van der Waals surface area contributed by atoms with Crippen molar-refractivity contribution in [1.29, 1.82) is 0 Å². The third-order valence-electron chi connectivity index (χ3n) is 5.17. The third-order valence-corrected chi connectivity index (χ3v) is 5.17. The van der Waals surface area contributed by atoms with E-state index in [4.69, 9.17) is 0 Å². The molecule has 1 N–H and O–H groups in total. The zero-order valence-corrected chi connectivity index (χ0v) is 15.6. The number of pyridine rings is 1. The number of hydrogen-bond acceptors (Lipinski definition) is 4. The second kappa shape index (κ2) is 7.50. The molecule has 2 heterocycles. The Morgan fingerprint density at radius 2 is 2.18 bits per heavy atom. The molecule has 1 aliphatic carbocycles. The van der Waals surface area contributed by atoms with Crippen LogP contribution in [0.25, 0.3) is 11.0 Å². The third kappa shape index (κ3) is 3.65. The van der Waals surface area contributed by atoms with E-state index >= 15 is 0 Å². The maximum absolute atomic E-state index is 13.6. The lowest BCUT2D eigenvalue weighted by molar-refractivity contribution is -0.121. The number of aryl methyl sites for hydroxylation is 1. The van der Waals surface area contributed by atoms with Crippen LogP contribution >= 0.6 is 0 Å².